The van der Waals surface area contributed by atoms with Gasteiger partial charge in [0.15, 0.2) is 5.16 Å². The Morgan fingerprint density at radius 3 is 2.30 bits per heavy atom. The molecule has 30 heavy (non-hydrogen) atoms. The monoisotopic (exact) mass is 423 g/mol. The molecule has 0 aliphatic rings. The summed E-state index contributed by atoms with van der Waals surface area (Å²) in [7, 11) is 5.87. The molecule has 0 bridgehead atoms. The van der Waals surface area contributed by atoms with Crippen molar-refractivity contribution in [1.29, 1.82) is 0 Å². The first-order chi connectivity index (χ1) is 14.5. The number of nitrogens with zero attached hydrogens (tertiary/aromatic N) is 5. The van der Waals surface area contributed by atoms with Gasteiger partial charge in [-0.3, -0.25) is 4.79 Å². The van der Waals surface area contributed by atoms with Gasteiger partial charge in [-0.15, -0.1) is 10.2 Å². The Kier molecular flexibility index (Phi) is 7.52. The molecule has 0 spiro atoms. The van der Waals surface area contributed by atoms with Gasteiger partial charge in [0.25, 0.3) is 0 Å². The van der Waals surface area contributed by atoms with E-state index in [9.17, 15) is 4.79 Å². The fraction of sp³-hybridized carbons (Fsp3) is 0.348. The number of rotatable bonds is 9. The lowest BCUT2D eigenvalue weighted by molar-refractivity contribution is -0.127. The number of amides is 1. The van der Waals surface area contributed by atoms with Gasteiger partial charge in [0.2, 0.25) is 5.91 Å². The van der Waals surface area contributed by atoms with Crippen LogP contribution in [0.2, 0.25) is 0 Å². The first kappa shape index (κ1) is 21.9. The molecule has 1 heterocycles. The van der Waals surface area contributed by atoms with Crippen molar-refractivity contribution in [2.45, 2.75) is 31.6 Å². The van der Waals surface area contributed by atoms with Gasteiger partial charge in [0.1, 0.15) is 5.82 Å². The quantitative estimate of drug-likeness (QED) is 0.491. The Balaban J connectivity index is 1.57. The third kappa shape index (κ3) is 5.63. The number of anilines is 1. The minimum Gasteiger partial charge on any atom is -0.378 e. The third-order valence-electron chi connectivity index (χ3n) is 4.94. The zero-order valence-electron chi connectivity index (χ0n) is 18.1. The summed E-state index contributed by atoms with van der Waals surface area (Å²) in [6.45, 7) is 3.44. The highest BCUT2D eigenvalue weighted by molar-refractivity contribution is 7.99. The molecule has 0 saturated carbocycles. The molecule has 0 saturated heterocycles. The third-order valence-corrected chi connectivity index (χ3v) is 5.89. The molecule has 2 aromatic carbocycles. The van der Waals surface area contributed by atoms with Crippen LogP contribution in [0, 0.1) is 0 Å². The molecule has 0 aliphatic carbocycles. The van der Waals surface area contributed by atoms with Crippen LogP contribution < -0.4 is 4.90 Å². The molecule has 158 valence electrons. The summed E-state index contributed by atoms with van der Waals surface area (Å²) in [4.78, 5) is 16.5. The second-order valence-corrected chi connectivity index (χ2v) is 8.35. The minimum absolute atomic E-state index is 0.0759. The predicted octanol–water partition coefficient (Wildman–Crippen LogP) is 3.71. The summed E-state index contributed by atoms with van der Waals surface area (Å²) in [6, 6.07) is 18.5. The highest BCUT2D eigenvalue weighted by Gasteiger charge is 2.15. The summed E-state index contributed by atoms with van der Waals surface area (Å²) in [5.41, 5.74) is 3.46. The summed E-state index contributed by atoms with van der Waals surface area (Å²) in [5.74, 6) is 1.34. The maximum atomic E-state index is 12.6. The van der Waals surface area contributed by atoms with E-state index in [1.807, 2.05) is 39.3 Å². The van der Waals surface area contributed by atoms with Crippen molar-refractivity contribution in [2.75, 3.05) is 31.8 Å². The van der Waals surface area contributed by atoms with Crippen LogP contribution in [0.15, 0.2) is 59.8 Å². The first-order valence-electron chi connectivity index (χ1n) is 10.1. The van der Waals surface area contributed by atoms with Gasteiger partial charge >= 0.3 is 0 Å². The molecule has 0 radical (unpaired) electrons. The molecule has 7 heteroatoms. The van der Waals surface area contributed by atoms with Crippen LogP contribution in [0.25, 0.3) is 0 Å². The fourth-order valence-electron chi connectivity index (χ4n) is 3.15. The molecular formula is C23H29N5OS. The SMILES string of the molecule is CCn1c(Cc2ccccc2)nnc1SCC(=O)N(C)Cc1ccc(N(C)C)cc1. The molecule has 3 rings (SSSR count). The topological polar surface area (TPSA) is 54.3 Å². The van der Waals surface area contributed by atoms with Gasteiger partial charge in [-0.1, -0.05) is 54.2 Å². The molecule has 0 atom stereocenters. The number of hydrogen-bond acceptors (Lipinski definition) is 5. The Labute approximate surface area is 182 Å². The van der Waals surface area contributed by atoms with Gasteiger partial charge in [0.05, 0.1) is 5.75 Å². The molecular weight excluding hydrogens is 394 g/mol. The van der Waals surface area contributed by atoms with Crippen molar-refractivity contribution in [1.82, 2.24) is 19.7 Å². The van der Waals surface area contributed by atoms with Crippen LogP contribution in [0.1, 0.15) is 23.9 Å². The zero-order valence-corrected chi connectivity index (χ0v) is 18.9. The zero-order chi connectivity index (χ0) is 21.5. The van der Waals surface area contributed by atoms with Crippen molar-refractivity contribution in [2.24, 2.45) is 0 Å². The summed E-state index contributed by atoms with van der Waals surface area (Å²) < 4.78 is 2.09. The summed E-state index contributed by atoms with van der Waals surface area (Å²) in [5, 5.41) is 9.48. The number of hydrogen-bond donors (Lipinski definition) is 0. The van der Waals surface area contributed by atoms with E-state index in [1.165, 1.54) is 17.3 Å². The van der Waals surface area contributed by atoms with E-state index in [0.29, 0.717) is 12.3 Å². The number of aromatic nitrogens is 3. The maximum absolute atomic E-state index is 12.6. The number of carbonyl (C=O) groups is 1. The Morgan fingerprint density at radius 1 is 0.967 bits per heavy atom. The predicted molar refractivity (Wildman–Crippen MR) is 123 cm³/mol. The van der Waals surface area contributed by atoms with Crippen molar-refractivity contribution in [3.63, 3.8) is 0 Å². The van der Waals surface area contributed by atoms with Crippen LogP contribution in [-0.4, -0.2) is 52.5 Å². The number of carbonyl (C=O) groups excluding carboxylic acids is 1. The van der Waals surface area contributed by atoms with E-state index in [2.05, 4.69) is 63.0 Å². The van der Waals surface area contributed by atoms with E-state index >= 15 is 0 Å². The molecule has 0 aliphatic heterocycles. The van der Waals surface area contributed by atoms with Crippen molar-refractivity contribution < 1.29 is 4.79 Å². The highest BCUT2D eigenvalue weighted by Crippen LogP contribution is 2.20. The normalized spacial score (nSPS) is 10.8. The maximum Gasteiger partial charge on any atom is 0.233 e. The van der Waals surface area contributed by atoms with Gasteiger partial charge in [-0.25, -0.2) is 0 Å². The lowest BCUT2D eigenvalue weighted by Gasteiger charge is -2.18. The van der Waals surface area contributed by atoms with Crippen molar-refractivity contribution in [3.05, 3.63) is 71.5 Å². The van der Waals surface area contributed by atoms with E-state index < -0.39 is 0 Å². The van der Waals surface area contributed by atoms with Crippen LogP contribution in [0.3, 0.4) is 0 Å². The van der Waals surface area contributed by atoms with E-state index in [1.54, 1.807) is 4.90 Å². The average molecular weight is 424 g/mol. The lowest BCUT2D eigenvalue weighted by atomic mass is 10.1. The first-order valence-corrected chi connectivity index (χ1v) is 11.1. The number of thioether (sulfide) groups is 1. The smallest absolute Gasteiger partial charge is 0.233 e. The van der Waals surface area contributed by atoms with Gasteiger partial charge < -0.3 is 14.4 Å². The van der Waals surface area contributed by atoms with Crippen LogP contribution in [0.5, 0.6) is 0 Å². The van der Waals surface area contributed by atoms with Gasteiger partial charge in [0, 0.05) is 46.3 Å². The molecule has 6 nitrogen and oxygen atoms in total. The van der Waals surface area contributed by atoms with Crippen molar-refractivity contribution in [3.8, 4) is 0 Å². The molecule has 1 aromatic heterocycles. The van der Waals surface area contributed by atoms with E-state index in [-0.39, 0.29) is 5.91 Å². The molecule has 0 unspecified atom stereocenters. The van der Waals surface area contributed by atoms with E-state index in [4.69, 9.17) is 0 Å². The van der Waals surface area contributed by atoms with Crippen LogP contribution >= 0.6 is 11.8 Å². The standard InChI is InChI=1S/C23H29N5OS/c1-5-28-21(15-18-9-7-6-8-10-18)24-25-23(28)30-17-22(29)27(4)16-19-11-13-20(14-12-19)26(2)3/h6-14H,5,15-17H2,1-4H3. The molecule has 0 fully saturated rings. The largest absolute Gasteiger partial charge is 0.378 e. The molecule has 3 aromatic rings. The Hall–Kier alpha value is -2.80. The summed E-state index contributed by atoms with van der Waals surface area (Å²) >= 11 is 1.45. The minimum atomic E-state index is 0.0759. The molecule has 0 N–H and O–H groups in total. The fourth-order valence-corrected chi connectivity index (χ4v) is 4.11. The number of benzene rings is 2. The highest BCUT2D eigenvalue weighted by atomic mass is 32.2. The lowest BCUT2D eigenvalue weighted by Crippen LogP contribution is -2.28. The van der Waals surface area contributed by atoms with Crippen LogP contribution in [0.4, 0.5) is 5.69 Å². The van der Waals surface area contributed by atoms with Crippen molar-refractivity contribution >= 4 is 23.4 Å². The molecule has 1 amide bonds. The second kappa shape index (κ2) is 10.3. The summed E-state index contributed by atoms with van der Waals surface area (Å²) in [6.07, 6.45) is 0.735. The van der Waals surface area contributed by atoms with E-state index in [0.717, 1.165) is 35.2 Å². The average Bonchev–Trinajstić information content (AvgIpc) is 3.14. The van der Waals surface area contributed by atoms with Gasteiger partial charge in [-0.2, -0.15) is 0 Å². The Morgan fingerprint density at radius 2 is 1.67 bits per heavy atom. The van der Waals surface area contributed by atoms with Gasteiger partial charge in [-0.05, 0) is 30.2 Å². The second-order valence-electron chi connectivity index (χ2n) is 7.40. The Bertz CT molecular complexity index is 953. The van der Waals surface area contributed by atoms with Crippen LogP contribution in [-0.2, 0) is 24.3 Å².